The molecule has 2 N–H and O–H groups in total. The largest absolute Gasteiger partial charge is 0.490 e. The summed E-state index contributed by atoms with van der Waals surface area (Å²) in [6.45, 7) is 0.868. The van der Waals surface area contributed by atoms with E-state index in [-0.39, 0.29) is 21.1 Å². The molecule has 0 bridgehead atoms. The molecule has 0 radical (unpaired) electrons. The van der Waals surface area contributed by atoms with Crippen molar-refractivity contribution in [3.63, 3.8) is 0 Å². The highest BCUT2D eigenvalue weighted by Crippen LogP contribution is 2.34. The maximum absolute atomic E-state index is 14.2. The number of benzene rings is 3. The lowest BCUT2D eigenvalue weighted by Crippen LogP contribution is -2.16. The van der Waals surface area contributed by atoms with Crippen LogP contribution in [0.2, 0.25) is 0 Å². The van der Waals surface area contributed by atoms with Crippen LogP contribution in [0.4, 0.5) is 4.39 Å². The number of likely N-dealkylation sites (N-methyl/N-ethyl adjacent to an activating group) is 1. The van der Waals surface area contributed by atoms with Crippen molar-refractivity contribution in [2.24, 2.45) is 0 Å². The minimum absolute atomic E-state index is 0.126. The van der Waals surface area contributed by atoms with E-state index >= 15 is 0 Å². The number of sulfone groups is 1. The predicted octanol–water partition coefficient (Wildman–Crippen LogP) is 3.29. The van der Waals surface area contributed by atoms with Gasteiger partial charge in [-0.2, -0.15) is 5.10 Å². The van der Waals surface area contributed by atoms with Crippen LogP contribution in [0.3, 0.4) is 0 Å². The summed E-state index contributed by atoms with van der Waals surface area (Å²) < 4.78 is 46.4. The fourth-order valence-electron chi connectivity index (χ4n) is 3.15. The molecular weight excluding hydrogens is 381 g/mol. The van der Waals surface area contributed by atoms with E-state index in [2.05, 4.69) is 15.5 Å². The smallest absolute Gasteiger partial charge is 0.226 e. The molecule has 0 fully saturated rings. The van der Waals surface area contributed by atoms with Gasteiger partial charge in [-0.15, -0.1) is 0 Å². The summed E-state index contributed by atoms with van der Waals surface area (Å²) in [7, 11) is -2.21. The average Bonchev–Trinajstić information content (AvgIpc) is 3.12. The van der Waals surface area contributed by atoms with E-state index in [0.29, 0.717) is 24.1 Å². The molecule has 4 aromatic rings. The number of nitrogens with zero attached hydrogens (tertiary/aromatic N) is 1. The van der Waals surface area contributed by atoms with Crippen molar-refractivity contribution < 1.29 is 17.5 Å². The highest BCUT2D eigenvalue weighted by atomic mass is 32.2. The molecule has 6 nitrogen and oxygen atoms in total. The third-order valence-corrected chi connectivity index (χ3v) is 6.23. The first-order chi connectivity index (χ1) is 13.5. The molecular formula is C20H18FN3O3S. The monoisotopic (exact) mass is 399 g/mol. The van der Waals surface area contributed by atoms with Crippen LogP contribution in [0.15, 0.2) is 64.5 Å². The van der Waals surface area contributed by atoms with Crippen molar-refractivity contribution in [3.8, 4) is 5.75 Å². The van der Waals surface area contributed by atoms with Crippen molar-refractivity contribution in [3.05, 3.63) is 60.4 Å². The zero-order chi connectivity index (χ0) is 19.7. The van der Waals surface area contributed by atoms with Gasteiger partial charge in [0, 0.05) is 23.4 Å². The Labute approximate surface area is 161 Å². The maximum atomic E-state index is 14.2. The molecule has 1 heterocycles. The van der Waals surface area contributed by atoms with Gasteiger partial charge in [-0.1, -0.05) is 36.4 Å². The molecule has 0 aliphatic carbocycles. The normalized spacial score (nSPS) is 11.9. The van der Waals surface area contributed by atoms with Gasteiger partial charge in [0.05, 0.1) is 4.90 Å². The second-order valence-electron chi connectivity index (χ2n) is 6.29. The summed E-state index contributed by atoms with van der Waals surface area (Å²) in [6, 6.07) is 14.6. The molecule has 3 aromatic carbocycles. The minimum atomic E-state index is -3.98. The van der Waals surface area contributed by atoms with Gasteiger partial charge in [-0.3, -0.25) is 5.10 Å². The molecule has 0 aliphatic heterocycles. The molecule has 0 saturated carbocycles. The quantitative estimate of drug-likeness (QED) is 0.486. The zero-order valence-electron chi connectivity index (χ0n) is 15.1. The number of H-pyrrole nitrogens is 1. The molecule has 0 atom stereocenters. The number of aromatic amines is 1. The molecule has 0 aliphatic rings. The Morgan fingerprint density at radius 3 is 2.71 bits per heavy atom. The Morgan fingerprint density at radius 2 is 1.89 bits per heavy atom. The molecule has 144 valence electrons. The first kappa shape index (κ1) is 18.4. The third kappa shape index (κ3) is 3.10. The first-order valence-corrected chi connectivity index (χ1v) is 10.2. The van der Waals surface area contributed by atoms with Crippen molar-refractivity contribution in [1.29, 1.82) is 0 Å². The average molecular weight is 399 g/mol. The van der Waals surface area contributed by atoms with Gasteiger partial charge >= 0.3 is 0 Å². The maximum Gasteiger partial charge on any atom is 0.226 e. The van der Waals surface area contributed by atoms with Gasteiger partial charge in [0.2, 0.25) is 9.84 Å². The number of halogens is 1. The van der Waals surface area contributed by atoms with Crippen molar-refractivity contribution in [2.45, 2.75) is 9.92 Å². The second kappa shape index (κ2) is 7.21. The Bertz CT molecular complexity index is 1260. The van der Waals surface area contributed by atoms with Crippen LogP contribution in [-0.2, 0) is 9.84 Å². The zero-order valence-corrected chi connectivity index (χ0v) is 15.9. The van der Waals surface area contributed by atoms with E-state index in [1.54, 1.807) is 25.2 Å². The summed E-state index contributed by atoms with van der Waals surface area (Å²) >= 11 is 0. The number of aromatic nitrogens is 2. The molecule has 28 heavy (non-hydrogen) atoms. The van der Waals surface area contributed by atoms with Gasteiger partial charge < -0.3 is 10.1 Å². The standard InChI is InChI=1S/C20H18FN3O3S/c1-22-9-10-27-17-12-14(21)11-16-19(17)23-24-20(16)28(25,26)18-8-4-6-13-5-2-3-7-15(13)18/h2-8,11-12,22H,9-10H2,1H3,(H,23,24). The molecule has 1 aromatic heterocycles. The van der Waals surface area contributed by atoms with Crippen LogP contribution >= 0.6 is 0 Å². The van der Waals surface area contributed by atoms with Crippen LogP contribution in [0, 0.1) is 5.82 Å². The van der Waals surface area contributed by atoms with Crippen molar-refractivity contribution in [1.82, 2.24) is 15.5 Å². The van der Waals surface area contributed by atoms with Crippen LogP contribution in [0.5, 0.6) is 5.75 Å². The highest BCUT2D eigenvalue weighted by molar-refractivity contribution is 7.91. The molecule has 0 unspecified atom stereocenters. The topological polar surface area (TPSA) is 84.1 Å². The fourth-order valence-corrected chi connectivity index (χ4v) is 4.71. The Balaban J connectivity index is 1.89. The van der Waals surface area contributed by atoms with Gasteiger partial charge in [0.15, 0.2) is 5.03 Å². The summed E-state index contributed by atoms with van der Waals surface area (Å²) in [5.41, 5.74) is 0.344. The van der Waals surface area contributed by atoms with Gasteiger partial charge in [0.1, 0.15) is 23.7 Å². The molecule has 0 amide bonds. The van der Waals surface area contributed by atoms with Crippen molar-refractivity contribution >= 4 is 31.5 Å². The van der Waals surface area contributed by atoms with E-state index in [9.17, 15) is 12.8 Å². The predicted molar refractivity (Wildman–Crippen MR) is 105 cm³/mol. The molecule has 4 rings (SSSR count). The number of hydrogen-bond acceptors (Lipinski definition) is 5. The third-order valence-electron chi connectivity index (χ3n) is 4.47. The number of ether oxygens (including phenoxy) is 1. The Morgan fingerprint density at radius 1 is 1.11 bits per heavy atom. The van der Waals surface area contributed by atoms with Crippen LogP contribution < -0.4 is 10.1 Å². The minimum Gasteiger partial charge on any atom is -0.490 e. The lowest BCUT2D eigenvalue weighted by Gasteiger charge is -2.08. The molecule has 0 saturated heterocycles. The highest BCUT2D eigenvalue weighted by Gasteiger charge is 2.27. The lowest BCUT2D eigenvalue weighted by atomic mass is 10.1. The summed E-state index contributed by atoms with van der Waals surface area (Å²) in [5.74, 6) is -0.375. The van der Waals surface area contributed by atoms with E-state index < -0.39 is 15.7 Å². The molecule has 8 heteroatoms. The van der Waals surface area contributed by atoms with Crippen LogP contribution in [0.25, 0.3) is 21.7 Å². The fraction of sp³-hybridized carbons (Fsp3) is 0.150. The first-order valence-electron chi connectivity index (χ1n) is 8.70. The van der Waals surface area contributed by atoms with Gasteiger partial charge in [-0.05, 0) is 24.6 Å². The second-order valence-corrected chi connectivity index (χ2v) is 8.12. The van der Waals surface area contributed by atoms with Crippen LogP contribution in [-0.4, -0.2) is 38.8 Å². The Hall–Kier alpha value is -2.97. The Kier molecular flexibility index (Phi) is 4.74. The number of hydrogen-bond donors (Lipinski definition) is 2. The lowest BCUT2D eigenvalue weighted by molar-refractivity contribution is 0.320. The van der Waals surface area contributed by atoms with Gasteiger partial charge in [0.25, 0.3) is 0 Å². The number of nitrogens with one attached hydrogen (secondary N) is 2. The molecule has 0 spiro atoms. The van der Waals surface area contributed by atoms with E-state index in [4.69, 9.17) is 4.74 Å². The van der Waals surface area contributed by atoms with Gasteiger partial charge in [-0.25, -0.2) is 12.8 Å². The number of fused-ring (bicyclic) bond motifs is 2. The van der Waals surface area contributed by atoms with Crippen LogP contribution in [0.1, 0.15) is 0 Å². The summed E-state index contributed by atoms with van der Waals surface area (Å²) in [6.07, 6.45) is 0. The van der Waals surface area contributed by atoms with E-state index in [1.165, 1.54) is 12.1 Å². The van der Waals surface area contributed by atoms with E-state index in [0.717, 1.165) is 11.5 Å². The summed E-state index contributed by atoms with van der Waals surface area (Å²) in [4.78, 5) is 0.126. The summed E-state index contributed by atoms with van der Waals surface area (Å²) in [5, 5.41) is 10.9. The SMILES string of the molecule is CNCCOc1cc(F)cc2c(S(=O)(=O)c3cccc4ccccc34)n[nH]c12. The number of rotatable bonds is 6. The van der Waals surface area contributed by atoms with Crippen molar-refractivity contribution in [2.75, 3.05) is 20.2 Å². The van der Waals surface area contributed by atoms with E-state index in [1.807, 2.05) is 18.2 Å².